The van der Waals surface area contributed by atoms with Gasteiger partial charge in [-0.1, -0.05) is 11.6 Å². The van der Waals surface area contributed by atoms with Crippen LogP contribution in [0.1, 0.15) is 19.4 Å². The van der Waals surface area contributed by atoms with Gasteiger partial charge in [-0.2, -0.15) is 13.2 Å². The number of carbonyl (C=O) groups is 1. The lowest BCUT2D eigenvalue weighted by Crippen LogP contribution is -2.25. The van der Waals surface area contributed by atoms with Crippen LogP contribution < -0.4 is 9.47 Å². The van der Waals surface area contributed by atoms with Crippen LogP contribution in [-0.4, -0.2) is 18.7 Å². The Balaban J connectivity index is 2.12. The van der Waals surface area contributed by atoms with Crippen LogP contribution in [-0.2, 0) is 15.7 Å². The molecule has 0 heterocycles. The van der Waals surface area contributed by atoms with E-state index in [9.17, 15) is 22.4 Å². The van der Waals surface area contributed by atoms with Crippen molar-refractivity contribution in [2.75, 3.05) is 6.61 Å². The first-order chi connectivity index (χ1) is 12.6. The predicted octanol–water partition coefficient (Wildman–Crippen LogP) is 5.62. The number of hydrogen-bond acceptors (Lipinski definition) is 4. The van der Waals surface area contributed by atoms with Gasteiger partial charge in [0.1, 0.15) is 11.5 Å². The first kappa shape index (κ1) is 20.8. The molecule has 0 N–H and O–H groups in total. The van der Waals surface area contributed by atoms with Crippen molar-refractivity contribution in [1.29, 1.82) is 0 Å². The highest BCUT2D eigenvalue weighted by molar-refractivity contribution is 6.32. The Kier molecular flexibility index (Phi) is 6.54. The summed E-state index contributed by atoms with van der Waals surface area (Å²) in [5.41, 5.74) is -1.21. The third-order valence-corrected chi connectivity index (χ3v) is 3.58. The average Bonchev–Trinajstić information content (AvgIpc) is 2.58. The second-order valence-corrected chi connectivity index (χ2v) is 5.76. The van der Waals surface area contributed by atoms with Gasteiger partial charge in [0.15, 0.2) is 17.7 Å². The zero-order valence-corrected chi connectivity index (χ0v) is 15.0. The van der Waals surface area contributed by atoms with Gasteiger partial charge in [0, 0.05) is 0 Å². The van der Waals surface area contributed by atoms with Gasteiger partial charge in [0.25, 0.3) is 0 Å². The molecule has 0 aromatic heterocycles. The first-order valence-electron chi connectivity index (χ1n) is 7.79. The molecule has 1 atom stereocenters. The van der Waals surface area contributed by atoms with Gasteiger partial charge in [0.05, 0.1) is 17.2 Å². The first-order valence-corrected chi connectivity index (χ1v) is 8.17. The average molecular weight is 407 g/mol. The highest BCUT2D eigenvalue weighted by Gasteiger charge is 2.32. The molecule has 0 aliphatic rings. The number of alkyl halides is 3. The molecule has 0 saturated heterocycles. The number of rotatable bonds is 6. The van der Waals surface area contributed by atoms with Gasteiger partial charge in [-0.25, -0.2) is 9.18 Å². The van der Waals surface area contributed by atoms with Crippen molar-refractivity contribution in [3.63, 3.8) is 0 Å². The Hall–Kier alpha value is -2.48. The Morgan fingerprint density at radius 3 is 2.26 bits per heavy atom. The second-order valence-electron chi connectivity index (χ2n) is 5.35. The van der Waals surface area contributed by atoms with Crippen LogP contribution in [0.2, 0.25) is 5.02 Å². The van der Waals surface area contributed by atoms with Crippen molar-refractivity contribution in [2.24, 2.45) is 0 Å². The van der Waals surface area contributed by atoms with E-state index in [0.29, 0.717) is 17.9 Å². The molecule has 0 amide bonds. The van der Waals surface area contributed by atoms with Crippen molar-refractivity contribution in [3.8, 4) is 17.2 Å². The topological polar surface area (TPSA) is 44.8 Å². The molecule has 146 valence electrons. The van der Waals surface area contributed by atoms with Crippen LogP contribution in [0.25, 0.3) is 0 Å². The van der Waals surface area contributed by atoms with Crippen molar-refractivity contribution in [1.82, 2.24) is 0 Å². The fourth-order valence-corrected chi connectivity index (χ4v) is 2.28. The molecule has 0 bridgehead atoms. The maximum Gasteiger partial charge on any atom is 0.416 e. The van der Waals surface area contributed by atoms with Gasteiger partial charge >= 0.3 is 12.1 Å². The Bertz CT molecular complexity index is 783. The molecule has 0 saturated carbocycles. The second kappa shape index (κ2) is 8.47. The predicted molar refractivity (Wildman–Crippen MR) is 89.7 cm³/mol. The minimum Gasteiger partial charge on any atom is -0.479 e. The molecule has 0 radical (unpaired) electrons. The summed E-state index contributed by atoms with van der Waals surface area (Å²) in [4.78, 5) is 11.5. The Morgan fingerprint density at radius 1 is 1.15 bits per heavy atom. The van der Waals surface area contributed by atoms with E-state index in [1.54, 1.807) is 6.92 Å². The summed E-state index contributed by atoms with van der Waals surface area (Å²) in [6.07, 6.45) is -5.56. The van der Waals surface area contributed by atoms with Crippen LogP contribution >= 0.6 is 11.6 Å². The minimum absolute atomic E-state index is 0.117. The molecule has 4 nitrogen and oxygen atoms in total. The maximum absolute atomic E-state index is 14.0. The van der Waals surface area contributed by atoms with E-state index in [1.165, 1.54) is 31.2 Å². The number of hydrogen-bond donors (Lipinski definition) is 0. The van der Waals surface area contributed by atoms with Gasteiger partial charge in [-0.05, 0) is 50.2 Å². The summed E-state index contributed by atoms with van der Waals surface area (Å²) in [7, 11) is 0. The largest absolute Gasteiger partial charge is 0.479 e. The minimum atomic E-state index is -4.72. The maximum atomic E-state index is 14.0. The lowest BCUT2D eigenvalue weighted by molar-refractivity contribution is -0.150. The molecule has 0 aliphatic carbocycles. The summed E-state index contributed by atoms with van der Waals surface area (Å²) < 4.78 is 67.3. The lowest BCUT2D eigenvalue weighted by Gasteiger charge is -2.14. The third-order valence-electron chi connectivity index (χ3n) is 3.30. The van der Waals surface area contributed by atoms with E-state index >= 15 is 0 Å². The highest BCUT2D eigenvalue weighted by atomic mass is 35.5. The van der Waals surface area contributed by atoms with Crippen LogP contribution in [0, 0.1) is 5.82 Å². The molecule has 0 fully saturated rings. The van der Waals surface area contributed by atoms with Crippen LogP contribution in [0.4, 0.5) is 17.6 Å². The molecule has 0 aliphatic heterocycles. The number of benzene rings is 2. The fraction of sp³-hybridized carbons (Fsp3) is 0.278. The van der Waals surface area contributed by atoms with E-state index in [0.717, 1.165) is 0 Å². The van der Waals surface area contributed by atoms with Gasteiger partial charge in [0.2, 0.25) is 0 Å². The number of ether oxygens (including phenoxy) is 3. The van der Waals surface area contributed by atoms with E-state index in [4.69, 9.17) is 25.8 Å². The zero-order chi connectivity index (χ0) is 20.2. The van der Waals surface area contributed by atoms with Gasteiger partial charge < -0.3 is 14.2 Å². The lowest BCUT2D eigenvalue weighted by atomic mass is 10.2. The smallest absolute Gasteiger partial charge is 0.416 e. The van der Waals surface area contributed by atoms with Crippen molar-refractivity contribution in [3.05, 3.63) is 52.8 Å². The van der Waals surface area contributed by atoms with E-state index < -0.39 is 40.4 Å². The monoisotopic (exact) mass is 406 g/mol. The van der Waals surface area contributed by atoms with Crippen LogP contribution in [0.15, 0.2) is 36.4 Å². The summed E-state index contributed by atoms with van der Waals surface area (Å²) in [6, 6.07) is 6.56. The molecular formula is C18H15ClF4O4. The summed E-state index contributed by atoms with van der Waals surface area (Å²) in [6.45, 7) is 3.40. The van der Waals surface area contributed by atoms with Crippen molar-refractivity contribution in [2.45, 2.75) is 26.1 Å². The molecule has 9 heteroatoms. The standard InChI is InChI=1S/C18H15ClF4O4/c1-3-25-17(24)10(2)26-12-4-6-13(7-5-12)27-16-14(19)8-11(9-15(16)20)18(21,22)23/h4-10H,3H2,1-2H3. The molecule has 2 rings (SSSR count). The molecule has 0 spiro atoms. The van der Waals surface area contributed by atoms with Gasteiger partial charge in [-0.3, -0.25) is 0 Å². The third kappa shape index (κ3) is 5.50. The summed E-state index contributed by atoms with van der Waals surface area (Å²) >= 11 is 5.71. The Morgan fingerprint density at radius 2 is 1.74 bits per heavy atom. The Labute approximate surface area is 157 Å². The van der Waals surface area contributed by atoms with Crippen LogP contribution in [0.3, 0.4) is 0 Å². The molecule has 2 aromatic rings. The van der Waals surface area contributed by atoms with Crippen molar-refractivity contribution >= 4 is 17.6 Å². The van der Waals surface area contributed by atoms with E-state index in [1.807, 2.05) is 0 Å². The fourth-order valence-electron chi connectivity index (χ4n) is 2.04. The molecular weight excluding hydrogens is 392 g/mol. The summed E-state index contributed by atoms with van der Waals surface area (Å²) in [5, 5.41) is -0.515. The number of carbonyl (C=O) groups excluding carboxylic acids is 1. The SMILES string of the molecule is CCOC(=O)C(C)Oc1ccc(Oc2c(F)cc(C(F)(F)F)cc2Cl)cc1. The highest BCUT2D eigenvalue weighted by Crippen LogP contribution is 2.38. The normalized spacial score (nSPS) is 12.4. The van der Waals surface area contributed by atoms with Gasteiger partial charge in [-0.15, -0.1) is 0 Å². The quantitative estimate of drug-likeness (QED) is 0.461. The number of esters is 1. The number of halogens is 5. The molecule has 27 heavy (non-hydrogen) atoms. The van der Waals surface area contributed by atoms with Crippen LogP contribution in [0.5, 0.6) is 17.2 Å². The molecule has 2 aromatic carbocycles. The van der Waals surface area contributed by atoms with Crippen molar-refractivity contribution < 1.29 is 36.6 Å². The summed E-state index contributed by atoms with van der Waals surface area (Å²) in [5.74, 6) is -1.87. The van der Waals surface area contributed by atoms with E-state index in [-0.39, 0.29) is 12.4 Å². The van der Waals surface area contributed by atoms with E-state index in [2.05, 4.69) is 0 Å². The zero-order valence-electron chi connectivity index (χ0n) is 14.3. The molecule has 1 unspecified atom stereocenters.